The van der Waals surface area contributed by atoms with Crippen LogP contribution in [0.25, 0.3) is 0 Å². The van der Waals surface area contributed by atoms with Crippen molar-refractivity contribution in [2.45, 2.75) is 13.3 Å². The molecular formula is C8H17NO5S. The van der Waals surface area contributed by atoms with Crippen LogP contribution >= 0.6 is 0 Å². The molecule has 15 heavy (non-hydrogen) atoms. The summed E-state index contributed by atoms with van der Waals surface area (Å²) in [5, 5.41) is 8.56. The summed E-state index contributed by atoms with van der Waals surface area (Å²) in [4.78, 5) is 10.5. The summed E-state index contributed by atoms with van der Waals surface area (Å²) in [5.41, 5.74) is 0. The molecule has 0 saturated heterocycles. The van der Waals surface area contributed by atoms with Crippen molar-refractivity contribution in [2.75, 3.05) is 32.6 Å². The van der Waals surface area contributed by atoms with Gasteiger partial charge in [0.25, 0.3) is 0 Å². The quantitative estimate of drug-likeness (QED) is 0.632. The molecule has 0 saturated carbocycles. The molecular weight excluding hydrogens is 222 g/mol. The van der Waals surface area contributed by atoms with Crippen molar-refractivity contribution in [3.05, 3.63) is 0 Å². The van der Waals surface area contributed by atoms with Gasteiger partial charge in [-0.05, 0) is 6.42 Å². The lowest BCUT2D eigenvalue weighted by molar-refractivity contribution is -0.137. The van der Waals surface area contributed by atoms with Crippen LogP contribution in [-0.4, -0.2) is 56.4 Å². The Hall–Kier alpha value is -0.660. The van der Waals surface area contributed by atoms with E-state index in [-0.39, 0.29) is 18.9 Å². The average Bonchev–Trinajstić information content (AvgIpc) is 2.13. The third-order valence-corrected chi connectivity index (χ3v) is 3.50. The smallest absolute Gasteiger partial charge is 0.318 e. The van der Waals surface area contributed by atoms with Crippen LogP contribution in [0.5, 0.6) is 0 Å². The SMILES string of the molecule is CCCN(CC(=O)O)S(=O)(=O)CCOC. The fraction of sp³-hybridized carbons (Fsp3) is 0.875. The van der Waals surface area contributed by atoms with E-state index in [1.165, 1.54) is 7.11 Å². The van der Waals surface area contributed by atoms with E-state index in [9.17, 15) is 13.2 Å². The second-order valence-corrected chi connectivity index (χ2v) is 5.12. The molecule has 1 N–H and O–H groups in total. The van der Waals surface area contributed by atoms with Crippen molar-refractivity contribution in [1.82, 2.24) is 4.31 Å². The van der Waals surface area contributed by atoms with Crippen molar-refractivity contribution in [3.63, 3.8) is 0 Å². The first-order valence-electron chi connectivity index (χ1n) is 4.62. The molecule has 0 unspecified atom stereocenters. The maximum atomic E-state index is 11.6. The number of hydrogen-bond acceptors (Lipinski definition) is 4. The Kier molecular flexibility index (Phi) is 6.46. The Morgan fingerprint density at radius 3 is 2.47 bits per heavy atom. The van der Waals surface area contributed by atoms with Gasteiger partial charge < -0.3 is 9.84 Å². The van der Waals surface area contributed by atoms with E-state index in [0.717, 1.165) is 4.31 Å². The van der Waals surface area contributed by atoms with Crippen LogP contribution in [0.15, 0.2) is 0 Å². The summed E-state index contributed by atoms with van der Waals surface area (Å²) in [6.45, 7) is 1.60. The Balaban J connectivity index is 4.51. The van der Waals surface area contributed by atoms with Gasteiger partial charge in [-0.15, -0.1) is 0 Å². The third-order valence-electron chi connectivity index (χ3n) is 1.72. The highest BCUT2D eigenvalue weighted by Crippen LogP contribution is 2.02. The van der Waals surface area contributed by atoms with Crippen molar-refractivity contribution >= 4 is 16.0 Å². The van der Waals surface area contributed by atoms with Crippen molar-refractivity contribution in [3.8, 4) is 0 Å². The van der Waals surface area contributed by atoms with Crippen molar-refractivity contribution < 1.29 is 23.1 Å². The van der Waals surface area contributed by atoms with Crippen LogP contribution in [0.2, 0.25) is 0 Å². The maximum Gasteiger partial charge on any atom is 0.318 e. The minimum Gasteiger partial charge on any atom is -0.480 e. The third kappa shape index (κ3) is 5.71. The number of carboxylic acid groups (broad SMARTS) is 1. The van der Waals surface area contributed by atoms with Gasteiger partial charge in [0.15, 0.2) is 0 Å². The highest BCUT2D eigenvalue weighted by atomic mass is 32.2. The molecule has 0 bridgehead atoms. The van der Waals surface area contributed by atoms with E-state index >= 15 is 0 Å². The molecule has 90 valence electrons. The summed E-state index contributed by atoms with van der Waals surface area (Å²) in [6, 6.07) is 0. The van der Waals surface area contributed by atoms with E-state index in [2.05, 4.69) is 4.74 Å². The van der Waals surface area contributed by atoms with Crippen LogP contribution in [0.3, 0.4) is 0 Å². The first kappa shape index (κ1) is 14.3. The summed E-state index contributed by atoms with van der Waals surface area (Å²) in [6.07, 6.45) is 0.583. The molecule has 0 heterocycles. The summed E-state index contributed by atoms with van der Waals surface area (Å²) in [7, 11) is -2.11. The van der Waals surface area contributed by atoms with E-state index in [4.69, 9.17) is 5.11 Å². The van der Waals surface area contributed by atoms with Gasteiger partial charge in [0, 0.05) is 13.7 Å². The molecule has 0 aliphatic rings. The Bertz CT molecular complexity index is 287. The number of carboxylic acids is 1. The predicted molar refractivity (Wildman–Crippen MR) is 55.2 cm³/mol. The zero-order valence-corrected chi connectivity index (χ0v) is 9.79. The highest BCUT2D eigenvalue weighted by Gasteiger charge is 2.22. The topological polar surface area (TPSA) is 83.9 Å². The van der Waals surface area contributed by atoms with Crippen LogP contribution in [-0.2, 0) is 19.6 Å². The molecule has 0 amide bonds. The number of sulfonamides is 1. The molecule has 0 atom stereocenters. The summed E-state index contributed by atoms with van der Waals surface area (Å²) < 4.78 is 28.8. The molecule has 0 aromatic heterocycles. The minimum atomic E-state index is -3.51. The van der Waals surface area contributed by atoms with E-state index in [1.54, 1.807) is 6.92 Å². The molecule has 0 rings (SSSR count). The van der Waals surface area contributed by atoms with Gasteiger partial charge in [0.2, 0.25) is 10.0 Å². The molecule has 0 fully saturated rings. The molecule has 0 aromatic carbocycles. The monoisotopic (exact) mass is 239 g/mol. The van der Waals surface area contributed by atoms with E-state index in [1.807, 2.05) is 0 Å². The lowest BCUT2D eigenvalue weighted by atomic mass is 10.5. The second kappa shape index (κ2) is 6.76. The second-order valence-electron chi connectivity index (χ2n) is 3.04. The molecule has 0 aromatic rings. The average molecular weight is 239 g/mol. The molecule has 0 aliphatic heterocycles. The summed E-state index contributed by atoms with van der Waals surface area (Å²) >= 11 is 0. The van der Waals surface area contributed by atoms with Gasteiger partial charge in [-0.2, -0.15) is 4.31 Å². The van der Waals surface area contributed by atoms with Gasteiger partial charge in [0.1, 0.15) is 6.54 Å². The van der Waals surface area contributed by atoms with Gasteiger partial charge in [-0.1, -0.05) is 6.92 Å². The fourth-order valence-electron chi connectivity index (χ4n) is 1.03. The number of ether oxygens (including phenoxy) is 1. The zero-order chi connectivity index (χ0) is 11.9. The van der Waals surface area contributed by atoms with Crippen molar-refractivity contribution in [1.29, 1.82) is 0 Å². The van der Waals surface area contributed by atoms with E-state index < -0.39 is 22.5 Å². The molecule has 7 heteroatoms. The Morgan fingerprint density at radius 2 is 2.07 bits per heavy atom. The largest absolute Gasteiger partial charge is 0.480 e. The number of rotatable bonds is 8. The standard InChI is InChI=1S/C8H17NO5S/c1-3-4-9(7-8(10)11)15(12,13)6-5-14-2/h3-7H2,1-2H3,(H,10,11). The van der Waals surface area contributed by atoms with Crippen LogP contribution < -0.4 is 0 Å². The maximum absolute atomic E-state index is 11.6. The van der Waals surface area contributed by atoms with Crippen molar-refractivity contribution in [2.24, 2.45) is 0 Å². The van der Waals surface area contributed by atoms with Gasteiger partial charge in [-0.3, -0.25) is 4.79 Å². The molecule has 6 nitrogen and oxygen atoms in total. The van der Waals surface area contributed by atoms with Crippen LogP contribution in [0.4, 0.5) is 0 Å². The first-order chi connectivity index (χ1) is 6.94. The normalized spacial score (nSPS) is 11.9. The van der Waals surface area contributed by atoms with E-state index in [0.29, 0.717) is 6.42 Å². The Labute approximate surface area is 89.9 Å². The lowest BCUT2D eigenvalue weighted by Crippen LogP contribution is -2.38. The fourth-order valence-corrected chi connectivity index (χ4v) is 2.44. The molecule has 0 radical (unpaired) electrons. The molecule has 0 spiro atoms. The number of hydrogen-bond donors (Lipinski definition) is 1. The summed E-state index contributed by atoms with van der Waals surface area (Å²) in [5.74, 6) is -1.33. The molecule has 0 aliphatic carbocycles. The zero-order valence-electron chi connectivity index (χ0n) is 8.97. The highest BCUT2D eigenvalue weighted by molar-refractivity contribution is 7.89. The number of nitrogens with zero attached hydrogens (tertiary/aromatic N) is 1. The van der Waals surface area contributed by atoms with Gasteiger partial charge in [0.05, 0.1) is 12.4 Å². The number of carbonyl (C=O) groups is 1. The number of methoxy groups -OCH3 is 1. The van der Waals surface area contributed by atoms with Gasteiger partial charge >= 0.3 is 5.97 Å². The van der Waals surface area contributed by atoms with Crippen LogP contribution in [0, 0.1) is 0 Å². The Morgan fingerprint density at radius 1 is 1.47 bits per heavy atom. The number of aliphatic carboxylic acids is 1. The predicted octanol–water partition coefficient (Wildman–Crippen LogP) is -0.241. The lowest BCUT2D eigenvalue weighted by Gasteiger charge is -2.19. The first-order valence-corrected chi connectivity index (χ1v) is 6.23. The minimum absolute atomic E-state index is 0.0716. The van der Waals surface area contributed by atoms with Crippen LogP contribution in [0.1, 0.15) is 13.3 Å². The van der Waals surface area contributed by atoms with Gasteiger partial charge in [-0.25, -0.2) is 8.42 Å².